The van der Waals surface area contributed by atoms with Gasteiger partial charge in [-0.15, -0.1) is 5.73 Å². The van der Waals surface area contributed by atoms with Gasteiger partial charge in [0, 0.05) is 5.69 Å². The Morgan fingerprint density at radius 2 is 1.90 bits per heavy atom. The van der Waals surface area contributed by atoms with E-state index in [-0.39, 0.29) is 16.2 Å². The molecule has 1 aliphatic carbocycles. The number of alkyl halides is 3. The van der Waals surface area contributed by atoms with Gasteiger partial charge < -0.3 is 10.8 Å². The van der Waals surface area contributed by atoms with E-state index in [9.17, 15) is 26.7 Å². The van der Waals surface area contributed by atoms with Crippen LogP contribution in [0.15, 0.2) is 58.7 Å². The van der Waals surface area contributed by atoms with Crippen molar-refractivity contribution in [2.24, 2.45) is 0 Å². The molecule has 0 bridgehead atoms. The summed E-state index contributed by atoms with van der Waals surface area (Å²) in [7, 11) is -3.87. The first-order chi connectivity index (χ1) is 13.2. The highest BCUT2D eigenvalue weighted by molar-refractivity contribution is 7.95. The molecular formula is C20H19ClF3NO3S. The van der Waals surface area contributed by atoms with Crippen LogP contribution >= 0.6 is 11.6 Å². The molecule has 0 spiro atoms. The molecule has 0 amide bonds. The summed E-state index contributed by atoms with van der Waals surface area (Å²) in [4.78, 5) is -0.0173. The highest BCUT2D eigenvalue weighted by atomic mass is 35.5. The molecule has 0 heterocycles. The van der Waals surface area contributed by atoms with Gasteiger partial charge in [-0.1, -0.05) is 29.8 Å². The minimum absolute atomic E-state index is 0.0173. The van der Waals surface area contributed by atoms with Crippen molar-refractivity contribution in [3.8, 4) is 0 Å². The van der Waals surface area contributed by atoms with Crippen LogP contribution in [-0.4, -0.2) is 24.9 Å². The Balaban J connectivity index is 2.28. The van der Waals surface area contributed by atoms with Crippen molar-refractivity contribution >= 4 is 33.2 Å². The third-order valence-electron chi connectivity index (χ3n) is 3.99. The van der Waals surface area contributed by atoms with Crippen LogP contribution in [0.25, 0.3) is 6.08 Å². The minimum atomic E-state index is -4.66. The van der Waals surface area contributed by atoms with E-state index in [1.165, 1.54) is 25.2 Å². The maximum Gasteiger partial charge on any atom is 0.417 e. The van der Waals surface area contributed by atoms with Crippen molar-refractivity contribution in [2.45, 2.75) is 25.6 Å². The monoisotopic (exact) mass is 445 g/mol. The van der Waals surface area contributed by atoms with Gasteiger partial charge in [0.1, 0.15) is 0 Å². The number of aliphatic hydroxyl groups is 1. The topological polar surface area (TPSA) is 80.4 Å². The fraction of sp³-hybridized carbons (Fsp3) is 0.250. The summed E-state index contributed by atoms with van der Waals surface area (Å²) in [5.74, 6) is -0.651. The molecule has 0 radical (unpaired) electrons. The van der Waals surface area contributed by atoms with Crippen LogP contribution in [0.3, 0.4) is 0 Å². The molecule has 0 saturated heterocycles. The van der Waals surface area contributed by atoms with Gasteiger partial charge in [0.2, 0.25) is 0 Å². The summed E-state index contributed by atoms with van der Waals surface area (Å²) in [5, 5.41) is 9.95. The van der Waals surface area contributed by atoms with E-state index in [4.69, 9.17) is 17.3 Å². The molecule has 0 fully saturated rings. The molecule has 3 N–H and O–H groups in total. The normalized spacial score (nSPS) is 17.1. The number of rotatable bonds is 5. The molecule has 0 aliphatic heterocycles. The predicted octanol–water partition coefficient (Wildman–Crippen LogP) is 4.68. The Labute approximate surface area is 172 Å². The Kier molecular flexibility index (Phi) is 6.55. The first-order valence-electron chi connectivity index (χ1n) is 8.33. The van der Waals surface area contributed by atoms with Gasteiger partial charge in [-0.05, 0) is 55.3 Å². The van der Waals surface area contributed by atoms with E-state index in [1.54, 1.807) is 19.1 Å². The second kappa shape index (κ2) is 8.24. The number of sulfone groups is 1. The van der Waals surface area contributed by atoms with Gasteiger partial charge >= 0.3 is 6.18 Å². The predicted molar refractivity (Wildman–Crippen MR) is 109 cm³/mol. The number of hydrogen-bond donors (Lipinski definition) is 2. The van der Waals surface area contributed by atoms with Crippen molar-refractivity contribution < 1.29 is 26.7 Å². The van der Waals surface area contributed by atoms with Gasteiger partial charge in [0.05, 0.1) is 26.8 Å². The van der Waals surface area contributed by atoms with E-state index in [1.807, 2.05) is 0 Å². The number of halogens is 4. The molecule has 1 aliphatic rings. The third-order valence-corrected chi connectivity index (χ3v) is 6.24. The lowest BCUT2D eigenvalue weighted by Gasteiger charge is -2.19. The summed E-state index contributed by atoms with van der Waals surface area (Å²) < 4.78 is 63.8. The standard InChI is InChI=1S/C20H19ClF3NO3S/c1-13-4-3-5-15(7-6-13)29(27,28)12-19(2,26)9-8-14-10-17(21)16(11-18(14)25)20(22,23)24/h4-11,26H,12,25H2,1-2H3/b9-8+. The second-order valence-corrected chi connectivity index (χ2v) is 9.24. The lowest BCUT2D eigenvalue weighted by atomic mass is 10.0. The SMILES string of the molecule is CC1=CC=C(S(=O)(=O)CC(C)(O)/C=C/c2cc(Cl)c(C(F)(F)F)cc2N)C=C=C1. The third kappa shape index (κ3) is 6.11. The number of hydrogen-bond acceptors (Lipinski definition) is 4. The molecule has 1 unspecified atom stereocenters. The van der Waals surface area contributed by atoms with Gasteiger partial charge in [-0.2, -0.15) is 13.2 Å². The van der Waals surface area contributed by atoms with E-state index < -0.39 is 38.0 Å². The van der Waals surface area contributed by atoms with Crippen molar-refractivity contribution in [1.82, 2.24) is 0 Å². The smallest absolute Gasteiger partial charge is 0.398 e. The van der Waals surface area contributed by atoms with Crippen molar-refractivity contribution in [3.63, 3.8) is 0 Å². The Bertz CT molecular complexity index is 1070. The van der Waals surface area contributed by atoms with Gasteiger partial charge in [0.15, 0.2) is 9.84 Å². The second-order valence-electron chi connectivity index (χ2n) is 6.84. The summed E-state index contributed by atoms with van der Waals surface area (Å²) in [5.41, 5.74) is 6.22. The van der Waals surface area contributed by atoms with Gasteiger partial charge in [0.25, 0.3) is 0 Å². The van der Waals surface area contributed by atoms with Crippen LogP contribution in [0, 0.1) is 0 Å². The molecule has 2 rings (SSSR count). The van der Waals surface area contributed by atoms with Gasteiger partial charge in [-0.3, -0.25) is 0 Å². The zero-order chi connectivity index (χ0) is 22.0. The average molecular weight is 446 g/mol. The zero-order valence-corrected chi connectivity index (χ0v) is 17.2. The van der Waals surface area contributed by atoms with Crippen molar-refractivity contribution in [1.29, 1.82) is 0 Å². The van der Waals surface area contributed by atoms with Crippen LogP contribution in [0.1, 0.15) is 25.0 Å². The molecule has 156 valence electrons. The molecule has 1 atom stereocenters. The summed E-state index contributed by atoms with van der Waals surface area (Å²) >= 11 is 5.68. The highest BCUT2D eigenvalue weighted by Crippen LogP contribution is 2.37. The number of allylic oxidation sites excluding steroid dienone is 4. The lowest BCUT2D eigenvalue weighted by Crippen LogP contribution is -2.32. The maximum atomic E-state index is 12.9. The molecule has 0 aromatic heterocycles. The van der Waals surface area contributed by atoms with E-state index >= 15 is 0 Å². The molecule has 0 saturated carbocycles. The Morgan fingerprint density at radius 3 is 2.52 bits per heavy atom. The molecule has 29 heavy (non-hydrogen) atoms. The Morgan fingerprint density at radius 1 is 1.24 bits per heavy atom. The van der Waals surface area contributed by atoms with Crippen LogP contribution < -0.4 is 5.73 Å². The van der Waals surface area contributed by atoms with Crippen LogP contribution in [-0.2, 0) is 16.0 Å². The van der Waals surface area contributed by atoms with E-state index in [2.05, 4.69) is 5.73 Å². The Hall–Kier alpha value is -2.25. The van der Waals surface area contributed by atoms with E-state index in [0.29, 0.717) is 6.07 Å². The number of nitrogen functional groups attached to an aromatic ring is 1. The summed E-state index contributed by atoms with van der Waals surface area (Å²) in [6.07, 6.45) is 3.67. The number of nitrogens with two attached hydrogens (primary N) is 1. The quantitative estimate of drug-likeness (QED) is 0.509. The van der Waals surface area contributed by atoms with Crippen LogP contribution in [0.5, 0.6) is 0 Å². The average Bonchev–Trinajstić information content (AvgIpc) is 2.78. The fourth-order valence-corrected chi connectivity index (χ4v) is 4.35. The number of anilines is 1. The highest BCUT2D eigenvalue weighted by Gasteiger charge is 2.34. The van der Waals surface area contributed by atoms with Crippen molar-refractivity contribution in [2.75, 3.05) is 11.5 Å². The van der Waals surface area contributed by atoms with Crippen LogP contribution in [0.2, 0.25) is 5.02 Å². The molecule has 9 heteroatoms. The fourth-order valence-electron chi connectivity index (χ4n) is 2.51. The summed E-state index contributed by atoms with van der Waals surface area (Å²) in [6.45, 7) is 3.05. The molecule has 4 nitrogen and oxygen atoms in total. The summed E-state index contributed by atoms with van der Waals surface area (Å²) in [6, 6.07) is 1.70. The minimum Gasteiger partial charge on any atom is -0.398 e. The van der Waals surface area contributed by atoms with Crippen molar-refractivity contribution in [3.05, 3.63) is 74.9 Å². The first-order valence-corrected chi connectivity index (χ1v) is 10.4. The first kappa shape index (κ1) is 23.0. The zero-order valence-electron chi connectivity index (χ0n) is 15.6. The largest absolute Gasteiger partial charge is 0.417 e. The number of benzene rings is 1. The van der Waals surface area contributed by atoms with Gasteiger partial charge in [-0.25, -0.2) is 8.42 Å². The maximum absolute atomic E-state index is 12.9. The molecular weight excluding hydrogens is 427 g/mol. The molecule has 1 aromatic carbocycles. The van der Waals surface area contributed by atoms with E-state index in [0.717, 1.165) is 17.7 Å². The lowest BCUT2D eigenvalue weighted by molar-refractivity contribution is -0.137. The van der Waals surface area contributed by atoms with Crippen LogP contribution in [0.4, 0.5) is 18.9 Å². The molecule has 1 aromatic rings.